The summed E-state index contributed by atoms with van der Waals surface area (Å²) in [6.45, 7) is 6.13. The lowest BCUT2D eigenvalue weighted by Gasteiger charge is -2.40. The van der Waals surface area contributed by atoms with Crippen LogP contribution in [0.25, 0.3) is 0 Å². The van der Waals surface area contributed by atoms with Gasteiger partial charge < -0.3 is 33.9 Å². The number of morpholine rings is 1. The molecule has 2 aliphatic heterocycles. The van der Waals surface area contributed by atoms with Gasteiger partial charge in [-0.05, 0) is 30.2 Å². The van der Waals surface area contributed by atoms with E-state index in [4.69, 9.17) is 18.9 Å². The molecular formula is C31H43N3O7. The van der Waals surface area contributed by atoms with E-state index in [1.165, 1.54) is 0 Å². The van der Waals surface area contributed by atoms with Gasteiger partial charge in [-0.25, -0.2) is 4.79 Å². The van der Waals surface area contributed by atoms with Gasteiger partial charge in [-0.3, -0.25) is 9.69 Å². The number of carbonyl (C=O) groups is 2. The van der Waals surface area contributed by atoms with Crippen LogP contribution < -0.4 is 19.1 Å². The Morgan fingerprint density at radius 3 is 2.49 bits per heavy atom. The van der Waals surface area contributed by atoms with Crippen LogP contribution in [0.3, 0.4) is 0 Å². The second kappa shape index (κ2) is 14.9. The summed E-state index contributed by atoms with van der Waals surface area (Å²) >= 11 is 0. The highest BCUT2D eigenvalue weighted by Crippen LogP contribution is 2.34. The summed E-state index contributed by atoms with van der Waals surface area (Å²) in [5.74, 6) is 1.76. The molecule has 0 radical (unpaired) electrons. The summed E-state index contributed by atoms with van der Waals surface area (Å²) in [5.41, 5.74) is 2.37. The zero-order chi connectivity index (χ0) is 29.2. The van der Waals surface area contributed by atoms with E-state index in [2.05, 4.69) is 6.92 Å². The van der Waals surface area contributed by atoms with Crippen molar-refractivity contribution in [2.45, 2.75) is 39.2 Å². The summed E-state index contributed by atoms with van der Waals surface area (Å²) in [7, 11) is 3.19. The van der Waals surface area contributed by atoms with E-state index in [-0.39, 0.29) is 30.9 Å². The molecule has 10 nitrogen and oxygen atoms in total. The van der Waals surface area contributed by atoms with E-state index >= 15 is 0 Å². The van der Waals surface area contributed by atoms with E-state index in [1.54, 1.807) is 24.0 Å². The predicted molar refractivity (Wildman–Crippen MR) is 156 cm³/mol. The Labute approximate surface area is 242 Å². The number of hydrogen-bond acceptors (Lipinski definition) is 7. The van der Waals surface area contributed by atoms with Gasteiger partial charge in [0.1, 0.15) is 5.75 Å². The maximum absolute atomic E-state index is 13.7. The first kappa shape index (κ1) is 30.5. The minimum absolute atomic E-state index is 0.0451. The molecule has 2 aromatic carbocycles. The minimum atomic E-state index is -0.162. The number of benzene rings is 2. The largest absolute Gasteiger partial charge is 0.496 e. The van der Waals surface area contributed by atoms with Gasteiger partial charge in [-0.15, -0.1) is 0 Å². The van der Waals surface area contributed by atoms with Crippen LogP contribution in [0.4, 0.5) is 10.5 Å². The molecule has 2 fully saturated rings. The molecule has 2 heterocycles. The molecule has 3 amide bonds. The van der Waals surface area contributed by atoms with Crippen LogP contribution in [0.1, 0.15) is 37.3 Å². The van der Waals surface area contributed by atoms with Crippen molar-refractivity contribution >= 4 is 17.6 Å². The summed E-state index contributed by atoms with van der Waals surface area (Å²) < 4.78 is 22.5. The minimum Gasteiger partial charge on any atom is -0.496 e. The zero-order valence-corrected chi connectivity index (χ0v) is 24.5. The predicted octanol–water partition coefficient (Wildman–Crippen LogP) is 3.72. The molecule has 0 aromatic heterocycles. The third-order valence-corrected chi connectivity index (χ3v) is 7.58. The third kappa shape index (κ3) is 7.83. The number of amides is 3. The number of urea groups is 1. The highest BCUT2D eigenvalue weighted by Gasteiger charge is 2.33. The normalized spacial score (nSPS) is 17.5. The van der Waals surface area contributed by atoms with Crippen LogP contribution >= 0.6 is 0 Å². The monoisotopic (exact) mass is 569 g/mol. The number of unbranched alkanes of at least 4 members (excludes halogenated alkanes) is 2. The lowest BCUT2D eigenvalue weighted by molar-refractivity contribution is -0.134. The fourth-order valence-corrected chi connectivity index (χ4v) is 5.23. The van der Waals surface area contributed by atoms with E-state index < -0.39 is 0 Å². The number of hydrogen-bond donors (Lipinski definition) is 1. The van der Waals surface area contributed by atoms with E-state index in [1.807, 2.05) is 41.3 Å². The van der Waals surface area contributed by atoms with Crippen LogP contribution in [0, 0.1) is 5.92 Å². The Kier molecular flexibility index (Phi) is 11.1. The molecule has 4 rings (SSSR count). The molecule has 2 saturated heterocycles. The third-order valence-electron chi connectivity index (χ3n) is 7.58. The molecule has 1 atom stereocenters. The Morgan fingerprint density at radius 2 is 1.78 bits per heavy atom. The number of aliphatic hydroxyl groups is 1. The molecule has 10 heteroatoms. The SMILES string of the molecule is CCCCCOc1cc(N2CC(CO)CN(Cc3ccc(CC(=O)N4CCOCC4)cc3OC)C2=O)ccc1OC. The van der Waals surface area contributed by atoms with Crippen molar-refractivity contribution < 1.29 is 33.6 Å². The second-order valence-corrected chi connectivity index (χ2v) is 10.5. The number of nitrogens with zero attached hydrogens (tertiary/aromatic N) is 3. The van der Waals surface area contributed by atoms with Crippen molar-refractivity contribution in [2.24, 2.45) is 5.92 Å². The molecule has 2 aromatic rings. The Hall–Kier alpha value is -3.50. The lowest BCUT2D eigenvalue weighted by Crippen LogP contribution is -2.54. The van der Waals surface area contributed by atoms with Gasteiger partial charge in [-0.2, -0.15) is 0 Å². The van der Waals surface area contributed by atoms with E-state index in [0.29, 0.717) is 75.5 Å². The summed E-state index contributed by atoms with van der Waals surface area (Å²) in [5, 5.41) is 10.1. The fourth-order valence-electron chi connectivity index (χ4n) is 5.23. The Morgan fingerprint density at radius 1 is 1.00 bits per heavy atom. The standard InChI is InChI=1S/C31H43N3O7/c1-4-5-6-13-41-29-18-26(9-10-27(29)38-2)34-20-24(22-35)19-33(31(34)37)21-25-8-7-23(16-28(25)39-3)17-30(36)32-11-14-40-15-12-32/h7-10,16,18,24,35H,4-6,11-15,17,19-22H2,1-3H3. The van der Waals surface area contributed by atoms with Crippen molar-refractivity contribution in [2.75, 3.05) is 71.7 Å². The average molecular weight is 570 g/mol. The van der Waals surface area contributed by atoms with Gasteiger partial charge in [0.15, 0.2) is 11.5 Å². The molecule has 224 valence electrons. The number of ether oxygens (including phenoxy) is 4. The molecule has 0 spiro atoms. The first-order chi connectivity index (χ1) is 20.0. The van der Waals surface area contributed by atoms with Gasteiger partial charge in [0.25, 0.3) is 0 Å². The van der Waals surface area contributed by atoms with E-state index in [9.17, 15) is 14.7 Å². The number of aliphatic hydroxyl groups excluding tert-OH is 1. The topological polar surface area (TPSA) is 101 Å². The zero-order valence-electron chi connectivity index (χ0n) is 24.5. The molecule has 1 unspecified atom stereocenters. The van der Waals surface area contributed by atoms with Crippen molar-refractivity contribution in [1.29, 1.82) is 0 Å². The molecular weight excluding hydrogens is 526 g/mol. The summed E-state index contributed by atoms with van der Waals surface area (Å²) in [6, 6.07) is 11.0. The number of anilines is 1. The molecule has 0 saturated carbocycles. The maximum atomic E-state index is 13.7. The molecule has 0 bridgehead atoms. The van der Waals surface area contributed by atoms with Gasteiger partial charge in [0.05, 0.1) is 47.0 Å². The molecule has 2 aliphatic rings. The quantitative estimate of drug-likeness (QED) is 0.367. The van der Waals surface area contributed by atoms with Gasteiger partial charge in [-0.1, -0.05) is 31.9 Å². The van der Waals surface area contributed by atoms with Crippen molar-refractivity contribution in [3.63, 3.8) is 0 Å². The molecule has 41 heavy (non-hydrogen) atoms. The van der Waals surface area contributed by atoms with Crippen LogP contribution in [-0.4, -0.2) is 93.7 Å². The summed E-state index contributed by atoms with van der Waals surface area (Å²) in [6.07, 6.45) is 3.39. The number of rotatable bonds is 13. The van der Waals surface area contributed by atoms with Gasteiger partial charge >= 0.3 is 6.03 Å². The van der Waals surface area contributed by atoms with Crippen molar-refractivity contribution in [3.05, 3.63) is 47.5 Å². The number of carbonyl (C=O) groups excluding carboxylic acids is 2. The van der Waals surface area contributed by atoms with Crippen LogP contribution in [-0.2, 0) is 22.5 Å². The van der Waals surface area contributed by atoms with Crippen molar-refractivity contribution in [1.82, 2.24) is 9.80 Å². The number of methoxy groups -OCH3 is 2. The van der Waals surface area contributed by atoms with Crippen molar-refractivity contribution in [3.8, 4) is 17.2 Å². The average Bonchev–Trinajstić information content (AvgIpc) is 3.01. The molecule has 0 aliphatic carbocycles. The fraction of sp³-hybridized carbons (Fsp3) is 0.548. The van der Waals surface area contributed by atoms with Crippen LogP contribution in [0.15, 0.2) is 36.4 Å². The van der Waals surface area contributed by atoms with Gasteiger partial charge in [0.2, 0.25) is 5.91 Å². The lowest BCUT2D eigenvalue weighted by atomic mass is 10.0. The molecule has 1 N–H and O–H groups in total. The van der Waals surface area contributed by atoms with Gasteiger partial charge in [0, 0.05) is 56.0 Å². The first-order valence-corrected chi connectivity index (χ1v) is 14.5. The van der Waals surface area contributed by atoms with E-state index in [0.717, 1.165) is 30.4 Å². The highest BCUT2D eigenvalue weighted by atomic mass is 16.5. The first-order valence-electron chi connectivity index (χ1n) is 14.5. The highest BCUT2D eigenvalue weighted by molar-refractivity contribution is 5.93. The second-order valence-electron chi connectivity index (χ2n) is 10.5. The Bertz CT molecular complexity index is 1170. The summed E-state index contributed by atoms with van der Waals surface area (Å²) in [4.78, 5) is 31.7. The maximum Gasteiger partial charge on any atom is 0.324 e. The van der Waals surface area contributed by atoms with Crippen LogP contribution in [0.2, 0.25) is 0 Å². The Balaban J connectivity index is 1.49. The smallest absolute Gasteiger partial charge is 0.324 e. The van der Waals surface area contributed by atoms with Crippen LogP contribution in [0.5, 0.6) is 17.2 Å².